The number of ether oxygens (including phenoxy) is 1. The van der Waals surface area contributed by atoms with Gasteiger partial charge in [0.25, 0.3) is 5.91 Å². The summed E-state index contributed by atoms with van der Waals surface area (Å²) >= 11 is 6.41. The zero-order valence-corrected chi connectivity index (χ0v) is 24.5. The maximum Gasteiger partial charge on any atom is 0.303 e. The summed E-state index contributed by atoms with van der Waals surface area (Å²) < 4.78 is 7.09. The van der Waals surface area contributed by atoms with Gasteiger partial charge in [0.2, 0.25) is 5.88 Å². The summed E-state index contributed by atoms with van der Waals surface area (Å²) in [7, 11) is 1.61. The van der Waals surface area contributed by atoms with Crippen molar-refractivity contribution in [3.63, 3.8) is 0 Å². The first kappa shape index (κ1) is 27.4. The maximum absolute atomic E-state index is 13.5. The standard InChI is InChI=1S/C34H31ClN4O4/c1-43-30-9-7-24-11-23(6-8-29(24)38-30)22-4-2-20(3-5-22)19-39-32-25(18-36-39)12-26(35)13-28(32)33(42)37-27-16-34(17-27)14-21(15-34)10-31(40)41/h2-9,11-13,18,21,27H,10,14-17,19H2,1H3,(H,37,42)(H,40,41). The number of aromatic nitrogens is 3. The van der Waals surface area contributed by atoms with Crippen LogP contribution < -0.4 is 10.1 Å². The number of aliphatic carboxylic acids is 1. The molecule has 0 unspecified atom stereocenters. The van der Waals surface area contributed by atoms with E-state index in [0.29, 0.717) is 23.0 Å². The predicted octanol–water partition coefficient (Wildman–Crippen LogP) is 6.73. The highest BCUT2D eigenvalue weighted by Crippen LogP contribution is 2.59. The van der Waals surface area contributed by atoms with Crippen LogP contribution in [0.2, 0.25) is 5.02 Å². The number of carboxylic acid groups (broad SMARTS) is 1. The van der Waals surface area contributed by atoms with E-state index in [4.69, 9.17) is 21.4 Å². The lowest BCUT2D eigenvalue weighted by atomic mass is 9.49. The van der Waals surface area contributed by atoms with Crippen LogP contribution >= 0.6 is 11.6 Å². The Balaban J connectivity index is 1.06. The monoisotopic (exact) mass is 594 g/mol. The van der Waals surface area contributed by atoms with E-state index in [-0.39, 0.29) is 29.7 Å². The van der Waals surface area contributed by atoms with Crippen molar-refractivity contribution in [1.29, 1.82) is 0 Å². The molecule has 0 bridgehead atoms. The number of amides is 1. The number of hydrogen-bond donors (Lipinski definition) is 2. The van der Waals surface area contributed by atoms with Gasteiger partial charge in [0.05, 0.1) is 36.4 Å². The highest BCUT2D eigenvalue weighted by atomic mass is 35.5. The van der Waals surface area contributed by atoms with Gasteiger partial charge in [-0.2, -0.15) is 5.10 Å². The lowest BCUT2D eigenvalue weighted by molar-refractivity contribution is -0.142. The lowest BCUT2D eigenvalue weighted by Gasteiger charge is -2.57. The largest absolute Gasteiger partial charge is 0.481 e. The molecule has 1 spiro atoms. The van der Waals surface area contributed by atoms with Crippen molar-refractivity contribution in [1.82, 2.24) is 20.1 Å². The highest BCUT2D eigenvalue weighted by molar-refractivity contribution is 6.32. The van der Waals surface area contributed by atoms with E-state index in [1.54, 1.807) is 19.4 Å². The van der Waals surface area contributed by atoms with Gasteiger partial charge in [-0.05, 0) is 84.0 Å². The van der Waals surface area contributed by atoms with Gasteiger partial charge < -0.3 is 15.2 Å². The third kappa shape index (κ3) is 5.31. The van der Waals surface area contributed by atoms with Gasteiger partial charge in [-0.3, -0.25) is 14.3 Å². The molecule has 2 N–H and O–H groups in total. The molecule has 7 rings (SSSR count). The van der Waals surface area contributed by atoms with Gasteiger partial charge in [0, 0.05) is 34.3 Å². The van der Waals surface area contributed by atoms with Crippen LogP contribution in [0.25, 0.3) is 32.9 Å². The molecule has 2 fully saturated rings. The first-order valence-electron chi connectivity index (χ1n) is 14.5. The number of nitrogens with zero attached hydrogens (tertiary/aromatic N) is 3. The third-order valence-corrected chi connectivity index (χ3v) is 9.25. The fourth-order valence-electron chi connectivity index (χ4n) is 7.11. The van der Waals surface area contributed by atoms with Gasteiger partial charge >= 0.3 is 5.97 Å². The molecule has 218 valence electrons. The fraction of sp³-hybridized carbons (Fsp3) is 0.294. The number of methoxy groups -OCH3 is 1. The second-order valence-corrected chi connectivity index (χ2v) is 12.5. The minimum Gasteiger partial charge on any atom is -0.481 e. The van der Waals surface area contributed by atoms with Crippen LogP contribution in [-0.4, -0.2) is 44.9 Å². The molecule has 9 heteroatoms. The molecular weight excluding hydrogens is 564 g/mol. The fourth-order valence-corrected chi connectivity index (χ4v) is 7.33. The van der Waals surface area contributed by atoms with E-state index in [0.717, 1.165) is 64.2 Å². The number of carbonyl (C=O) groups excluding carboxylic acids is 1. The summed E-state index contributed by atoms with van der Waals surface area (Å²) in [5.74, 6) is -0.0313. The molecule has 2 aliphatic rings. The zero-order valence-electron chi connectivity index (χ0n) is 23.7. The Morgan fingerprint density at radius 1 is 1.00 bits per heavy atom. The molecule has 3 aromatic carbocycles. The van der Waals surface area contributed by atoms with Crippen molar-refractivity contribution < 1.29 is 19.4 Å². The van der Waals surface area contributed by atoms with Crippen LogP contribution in [0, 0.1) is 11.3 Å². The summed E-state index contributed by atoms with van der Waals surface area (Å²) in [4.78, 5) is 29.0. The van der Waals surface area contributed by atoms with Gasteiger partial charge in [-0.1, -0.05) is 41.9 Å². The van der Waals surface area contributed by atoms with Crippen LogP contribution in [0.15, 0.2) is 72.9 Å². The summed E-state index contributed by atoms with van der Waals surface area (Å²) in [6, 6.07) is 22.0. The smallest absolute Gasteiger partial charge is 0.303 e. The first-order valence-corrected chi connectivity index (χ1v) is 14.9. The van der Waals surface area contributed by atoms with E-state index in [1.807, 2.05) is 28.9 Å². The molecule has 8 nitrogen and oxygen atoms in total. The number of pyridine rings is 1. The number of rotatable bonds is 8. The number of carbonyl (C=O) groups is 2. The summed E-state index contributed by atoms with van der Waals surface area (Å²) in [6.45, 7) is 0.505. The molecule has 0 atom stereocenters. The Labute approximate surface area is 253 Å². The number of carboxylic acids is 1. The molecule has 2 heterocycles. The Morgan fingerprint density at radius 3 is 2.51 bits per heavy atom. The van der Waals surface area contributed by atoms with Crippen molar-refractivity contribution in [2.24, 2.45) is 11.3 Å². The van der Waals surface area contributed by atoms with E-state index < -0.39 is 5.97 Å². The molecule has 5 aromatic rings. The molecule has 2 aromatic heterocycles. The molecule has 2 saturated carbocycles. The summed E-state index contributed by atoms with van der Waals surface area (Å²) in [5.41, 5.74) is 5.60. The van der Waals surface area contributed by atoms with E-state index in [2.05, 4.69) is 51.8 Å². The van der Waals surface area contributed by atoms with Crippen molar-refractivity contribution in [3.8, 4) is 17.0 Å². The second-order valence-electron chi connectivity index (χ2n) is 12.1. The number of fused-ring (bicyclic) bond motifs is 2. The molecule has 2 aliphatic carbocycles. The number of halogens is 1. The van der Waals surface area contributed by atoms with Crippen LogP contribution in [-0.2, 0) is 11.3 Å². The van der Waals surface area contributed by atoms with E-state index in [1.165, 1.54) is 0 Å². The molecular formula is C34H31ClN4O4. The highest BCUT2D eigenvalue weighted by Gasteiger charge is 2.53. The Kier molecular flexibility index (Phi) is 6.81. The van der Waals surface area contributed by atoms with Crippen LogP contribution in [0.5, 0.6) is 5.88 Å². The normalized spacial score (nSPS) is 21.0. The number of nitrogens with one attached hydrogen (secondary N) is 1. The van der Waals surface area contributed by atoms with Crippen molar-refractivity contribution >= 4 is 45.3 Å². The van der Waals surface area contributed by atoms with Gasteiger partial charge in [0.15, 0.2) is 0 Å². The van der Waals surface area contributed by atoms with Gasteiger partial charge in [0.1, 0.15) is 0 Å². The second kappa shape index (κ2) is 10.7. The van der Waals surface area contributed by atoms with Crippen LogP contribution in [0.4, 0.5) is 0 Å². The molecule has 1 amide bonds. The summed E-state index contributed by atoms with van der Waals surface area (Å²) in [5, 5.41) is 19.2. The molecule has 0 saturated heterocycles. The van der Waals surface area contributed by atoms with Gasteiger partial charge in [-0.15, -0.1) is 0 Å². The minimum atomic E-state index is -0.731. The Hall–Kier alpha value is -4.43. The molecule has 0 aliphatic heterocycles. The van der Waals surface area contributed by atoms with Crippen molar-refractivity contribution in [2.75, 3.05) is 7.11 Å². The van der Waals surface area contributed by atoms with Crippen LogP contribution in [0.3, 0.4) is 0 Å². The molecule has 43 heavy (non-hydrogen) atoms. The SMILES string of the molecule is COc1ccc2cc(-c3ccc(Cn4ncc5cc(Cl)cc(C(=O)NC6CC7(CC(CC(=O)O)C7)C6)c54)cc3)ccc2n1. The van der Waals surface area contributed by atoms with Crippen molar-refractivity contribution in [2.45, 2.75) is 44.7 Å². The minimum absolute atomic E-state index is 0.0872. The predicted molar refractivity (Wildman–Crippen MR) is 165 cm³/mol. The number of hydrogen-bond acceptors (Lipinski definition) is 5. The quantitative estimate of drug-likeness (QED) is 0.206. The zero-order chi connectivity index (χ0) is 29.7. The van der Waals surface area contributed by atoms with E-state index in [9.17, 15) is 9.59 Å². The Bertz CT molecular complexity index is 1870. The van der Waals surface area contributed by atoms with E-state index >= 15 is 0 Å². The van der Waals surface area contributed by atoms with Crippen molar-refractivity contribution in [3.05, 3.63) is 89.1 Å². The Morgan fingerprint density at radius 2 is 1.77 bits per heavy atom. The van der Waals surface area contributed by atoms with Gasteiger partial charge in [-0.25, -0.2) is 4.98 Å². The topological polar surface area (TPSA) is 106 Å². The first-order chi connectivity index (χ1) is 20.8. The average Bonchev–Trinajstić information content (AvgIpc) is 3.36. The van der Waals surface area contributed by atoms with Crippen LogP contribution in [0.1, 0.15) is 48.0 Å². The average molecular weight is 595 g/mol. The summed E-state index contributed by atoms with van der Waals surface area (Å²) in [6.07, 6.45) is 5.65. The lowest BCUT2D eigenvalue weighted by Crippen LogP contribution is -2.56. The molecule has 0 radical (unpaired) electrons. The number of benzene rings is 3. The third-order valence-electron chi connectivity index (χ3n) is 9.04. The maximum atomic E-state index is 13.5.